The van der Waals surface area contributed by atoms with E-state index >= 15 is 0 Å². The minimum absolute atomic E-state index is 0.0566. The molecule has 0 saturated carbocycles. The molecule has 0 N–H and O–H groups in total. The van der Waals surface area contributed by atoms with Crippen LogP contribution in [0.5, 0.6) is 5.75 Å². The third-order valence-corrected chi connectivity index (χ3v) is 3.73. The van der Waals surface area contributed by atoms with Crippen LogP contribution < -0.4 is 4.74 Å². The highest BCUT2D eigenvalue weighted by atomic mass is 16.6. The number of amides is 2. The summed E-state index contributed by atoms with van der Waals surface area (Å²) < 4.78 is 10.6. The Morgan fingerprint density at radius 2 is 1.83 bits per heavy atom. The molecule has 1 aromatic rings. The fourth-order valence-electron chi connectivity index (χ4n) is 2.47. The lowest BCUT2D eigenvalue weighted by atomic mass is 10.2. The van der Waals surface area contributed by atoms with Gasteiger partial charge in [-0.2, -0.15) is 0 Å². The predicted octanol–water partition coefficient (Wildman–Crippen LogP) is 2.06. The Labute approximate surface area is 137 Å². The number of ether oxygens (including phenoxy) is 2. The van der Waals surface area contributed by atoms with Gasteiger partial charge in [0.15, 0.2) is 0 Å². The minimum atomic E-state index is -0.303. The first kappa shape index (κ1) is 17.1. The molecule has 2 amide bonds. The first-order chi connectivity index (χ1) is 11.1. The molecular weight excluding hydrogens is 296 g/mol. The van der Waals surface area contributed by atoms with Crippen molar-refractivity contribution in [2.75, 3.05) is 39.4 Å². The van der Waals surface area contributed by atoms with Crippen LogP contribution in [0.25, 0.3) is 0 Å². The second-order valence-electron chi connectivity index (χ2n) is 5.48. The van der Waals surface area contributed by atoms with Crippen LogP contribution in [0.1, 0.15) is 18.9 Å². The monoisotopic (exact) mass is 320 g/mol. The van der Waals surface area contributed by atoms with Crippen LogP contribution in [0.3, 0.4) is 0 Å². The zero-order chi connectivity index (χ0) is 16.7. The smallest absolute Gasteiger partial charge is 0.409 e. The van der Waals surface area contributed by atoms with Crippen LogP contribution in [-0.2, 0) is 9.53 Å². The first-order valence-electron chi connectivity index (χ1n) is 7.99. The van der Waals surface area contributed by atoms with Crippen molar-refractivity contribution in [1.29, 1.82) is 0 Å². The molecule has 0 spiro atoms. The molecule has 6 nitrogen and oxygen atoms in total. The number of hydrogen-bond acceptors (Lipinski definition) is 4. The van der Waals surface area contributed by atoms with E-state index in [0.717, 1.165) is 11.3 Å². The summed E-state index contributed by atoms with van der Waals surface area (Å²) in [5.74, 6) is 0.839. The molecule has 6 heteroatoms. The van der Waals surface area contributed by atoms with Crippen LogP contribution >= 0.6 is 0 Å². The van der Waals surface area contributed by atoms with Gasteiger partial charge in [-0.3, -0.25) is 4.79 Å². The summed E-state index contributed by atoms with van der Waals surface area (Å²) in [4.78, 5) is 27.2. The predicted molar refractivity (Wildman–Crippen MR) is 86.5 cm³/mol. The standard InChI is InChI=1S/C17H24N2O4/c1-3-22-17(21)19-10-8-18(9-11-19)16(20)7-12-23-15-6-4-5-14(2)13-15/h4-6,13H,3,7-12H2,1-2H3. The van der Waals surface area contributed by atoms with Crippen molar-refractivity contribution in [3.05, 3.63) is 29.8 Å². The molecule has 1 aliphatic rings. The maximum Gasteiger partial charge on any atom is 0.409 e. The Bertz CT molecular complexity index is 539. The van der Waals surface area contributed by atoms with Crippen molar-refractivity contribution in [2.45, 2.75) is 20.3 Å². The molecule has 23 heavy (non-hydrogen) atoms. The van der Waals surface area contributed by atoms with Crippen molar-refractivity contribution in [3.8, 4) is 5.75 Å². The van der Waals surface area contributed by atoms with Gasteiger partial charge in [0.2, 0.25) is 5.91 Å². The number of aryl methyl sites for hydroxylation is 1. The minimum Gasteiger partial charge on any atom is -0.493 e. The normalized spacial score (nSPS) is 14.5. The van der Waals surface area contributed by atoms with Gasteiger partial charge in [-0.25, -0.2) is 4.79 Å². The Morgan fingerprint density at radius 1 is 1.13 bits per heavy atom. The Hall–Kier alpha value is -2.24. The molecule has 0 atom stereocenters. The van der Waals surface area contributed by atoms with E-state index in [2.05, 4.69) is 0 Å². The molecule has 1 aliphatic heterocycles. The van der Waals surface area contributed by atoms with Crippen LogP contribution in [0.2, 0.25) is 0 Å². The lowest BCUT2D eigenvalue weighted by molar-refractivity contribution is -0.133. The Kier molecular flexibility index (Phi) is 6.26. The average Bonchev–Trinajstić information content (AvgIpc) is 2.55. The highest BCUT2D eigenvalue weighted by Gasteiger charge is 2.24. The number of hydrogen-bond donors (Lipinski definition) is 0. The molecular formula is C17H24N2O4. The quantitative estimate of drug-likeness (QED) is 0.833. The van der Waals surface area contributed by atoms with Gasteiger partial charge in [0, 0.05) is 26.2 Å². The zero-order valence-electron chi connectivity index (χ0n) is 13.8. The highest BCUT2D eigenvalue weighted by Crippen LogP contribution is 2.13. The molecule has 0 aromatic heterocycles. The summed E-state index contributed by atoms with van der Waals surface area (Å²) in [5.41, 5.74) is 1.13. The maximum atomic E-state index is 12.2. The van der Waals surface area contributed by atoms with Gasteiger partial charge in [-0.15, -0.1) is 0 Å². The van der Waals surface area contributed by atoms with E-state index in [0.29, 0.717) is 45.8 Å². The summed E-state index contributed by atoms with van der Waals surface area (Å²) in [5, 5.41) is 0. The van der Waals surface area contributed by atoms with Gasteiger partial charge < -0.3 is 19.3 Å². The lowest BCUT2D eigenvalue weighted by Gasteiger charge is -2.34. The van der Waals surface area contributed by atoms with Gasteiger partial charge in [-0.1, -0.05) is 12.1 Å². The fourth-order valence-corrected chi connectivity index (χ4v) is 2.47. The number of carbonyl (C=O) groups is 2. The third kappa shape index (κ3) is 5.16. The van der Waals surface area contributed by atoms with Gasteiger partial charge in [0.05, 0.1) is 19.6 Å². The van der Waals surface area contributed by atoms with E-state index in [1.54, 1.807) is 16.7 Å². The third-order valence-electron chi connectivity index (χ3n) is 3.73. The molecule has 1 aromatic carbocycles. The van der Waals surface area contributed by atoms with E-state index in [4.69, 9.17) is 9.47 Å². The summed E-state index contributed by atoms with van der Waals surface area (Å²) in [7, 11) is 0. The molecule has 0 aliphatic carbocycles. The molecule has 1 saturated heterocycles. The number of rotatable bonds is 5. The van der Waals surface area contributed by atoms with E-state index < -0.39 is 0 Å². The Balaban J connectivity index is 1.70. The molecule has 0 bridgehead atoms. The van der Waals surface area contributed by atoms with Gasteiger partial charge in [0.1, 0.15) is 5.75 Å². The summed E-state index contributed by atoms with van der Waals surface area (Å²) in [6.07, 6.45) is 0.0373. The van der Waals surface area contributed by atoms with E-state index in [-0.39, 0.29) is 12.0 Å². The second-order valence-corrected chi connectivity index (χ2v) is 5.48. The first-order valence-corrected chi connectivity index (χ1v) is 7.99. The number of piperazine rings is 1. The topological polar surface area (TPSA) is 59.1 Å². The summed E-state index contributed by atoms with van der Waals surface area (Å²) in [6.45, 7) is 6.64. The second kappa shape index (κ2) is 8.41. The van der Waals surface area contributed by atoms with Crippen LogP contribution in [0.4, 0.5) is 4.79 Å². The van der Waals surface area contributed by atoms with Crippen molar-refractivity contribution in [2.24, 2.45) is 0 Å². The SMILES string of the molecule is CCOC(=O)N1CCN(C(=O)CCOc2cccc(C)c2)CC1. The van der Waals surface area contributed by atoms with E-state index in [9.17, 15) is 9.59 Å². The number of nitrogens with zero attached hydrogens (tertiary/aromatic N) is 2. The highest BCUT2D eigenvalue weighted by molar-refractivity contribution is 5.77. The number of benzene rings is 1. The zero-order valence-corrected chi connectivity index (χ0v) is 13.8. The maximum absolute atomic E-state index is 12.2. The number of carbonyl (C=O) groups excluding carboxylic acids is 2. The van der Waals surface area contributed by atoms with Crippen LogP contribution in [0.15, 0.2) is 24.3 Å². The molecule has 0 unspecified atom stereocenters. The fraction of sp³-hybridized carbons (Fsp3) is 0.529. The van der Waals surface area contributed by atoms with Crippen molar-refractivity contribution < 1.29 is 19.1 Å². The van der Waals surface area contributed by atoms with Crippen LogP contribution in [0, 0.1) is 6.92 Å². The van der Waals surface area contributed by atoms with Gasteiger partial charge in [0.25, 0.3) is 0 Å². The van der Waals surface area contributed by atoms with Crippen molar-refractivity contribution in [3.63, 3.8) is 0 Å². The molecule has 126 valence electrons. The largest absolute Gasteiger partial charge is 0.493 e. The average molecular weight is 320 g/mol. The summed E-state index contributed by atoms with van der Waals surface area (Å²) in [6, 6.07) is 7.76. The van der Waals surface area contributed by atoms with Crippen LogP contribution in [-0.4, -0.2) is 61.2 Å². The molecule has 1 heterocycles. The van der Waals surface area contributed by atoms with E-state index in [1.807, 2.05) is 31.2 Å². The molecule has 2 rings (SSSR count). The lowest BCUT2D eigenvalue weighted by Crippen LogP contribution is -2.50. The van der Waals surface area contributed by atoms with Crippen molar-refractivity contribution in [1.82, 2.24) is 9.80 Å². The molecule has 1 fully saturated rings. The van der Waals surface area contributed by atoms with Gasteiger partial charge in [-0.05, 0) is 31.5 Å². The Morgan fingerprint density at radius 3 is 2.48 bits per heavy atom. The summed E-state index contributed by atoms with van der Waals surface area (Å²) >= 11 is 0. The van der Waals surface area contributed by atoms with Crippen molar-refractivity contribution >= 4 is 12.0 Å². The van der Waals surface area contributed by atoms with E-state index in [1.165, 1.54) is 0 Å². The molecule has 0 radical (unpaired) electrons. The van der Waals surface area contributed by atoms with Gasteiger partial charge >= 0.3 is 6.09 Å².